The van der Waals surface area contributed by atoms with Crippen LogP contribution in [0.5, 0.6) is 0 Å². The van der Waals surface area contributed by atoms with Gasteiger partial charge in [-0.1, -0.05) is 5.92 Å². The summed E-state index contributed by atoms with van der Waals surface area (Å²) in [5, 5.41) is 2.96. The van der Waals surface area contributed by atoms with Crippen LogP contribution >= 0.6 is 0 Å². The van der Waals surface area contributed by atoms with E-state index in [2.05, 4.69) is 17.2 Å². The largest absolute Gasteiger partial charge is 0.459 e. The number of carbonyl (C=O) groups is 1. The maximum atomic E-state index is 11.4. The zero-order valence-corrected chi connectivity index (χ0v) is 9.60. The first-order valence-electron chi connectivity index (χ1n) is 4.72. The van der Waals surface area contributed by atoms with Crippen LogP contribution in [0.15, 0.2) is 0 Å². The van der Waals surface area contributed by atoms with Crippen molar-refractivity contribution in [2.24, 2.45) is 0 Å². The molecule has 0 amide bonds. The third-order valence-electron chi connectivity index (χ3n) is 1.43. The number of esters is 1. The second-order valence-corrected chi connectivity index (χ2v) is 4.06. The van der Waals surface area contributed by atoms with E-state index in [1.807, 2.05) is 20.8 Å². The molecule has 1 N–H and O–H groups in total. The SMILES string of the molecule is CC#CCNC(C)C(=O)OC(C)(C)C. The zero-order valence-electron chi connectivity index (χ0n) is 9.60. The van der Waals surface area contributed by atoms with Crippen LogP contribution in [-0.4, -0.2) is 24.2 Å². The molecule has 0 aromatic carbocycles. The minimum atomic E-state index is -0.427. The molecule has 3 nitrogen and oxygen atoms in total. The Morgan fingerprint density at radius 1 is 1.50 bits per heavy atom. The molecule has 0 bridgehead atoms. The lowest BCUT2D eigenvalue weighted by atomic mass is 10.2. The van der Waals surface area contributed by atoms with E-state index < -0.39 is 5.60 Å². The van der Waals surface area contributed by atoms with Crippen molar-refractivity contribution in [2.75, 3.05) is 6.54 Å². The van der Waals surface area contributed by atoms with Gasteiger partial charge in [0.25, 0.3) is 0 Å². The number of ether oxygens (including phenoxy) is 1. The lowest BCUT2D eigenvalue weighted by Gasteiger charge is -2.22. The molecule has 0 fully saturated rings. The number of carbonyl (C=O) groups excluding carboxylic acids is 1. The topological polar surface area (TPSA) is 38.3 Å². The minimum Gasteiger partial charge on any atom is -0.459 e. The fraction of sp³-hybridized carbons (Fsp3) is 0.727. The summed E-state index contributed by atoms with van der Waals surface area (Å²) >= 11 is 0. The monoisotopic (exact) mass is 197 g/mol. The quantitative estimate of drug-likeness (QED) is 0.548. The minimum absolute atomic E-state index is 0.240. The third kappa shape index (κ3) is 6.50. The van der Waals surface area contributed by atoms with Gasteiger partial charge in [0, 0.05) is 0 Å². The number of rotatable bonds is 3. The molecular formula is C11H19NO2. The molecule has 1 atom stereocenters. The van der Waals surface area contributed by atoms with E-state index in [1.54, 1.807) is 13.8 Å². The summed E-state index contributed by atoms with van der Waals surface area (Å²) in [7, 11) is 0. The van der Waals surface area contributed by atoms with Crippen LogP contribution in [0.2, 0.25) is 0 Å². The molecule has 0 aliphatic heterocycles. The average Bonchev–Trinajstić information content (AvgIpc) is 2.01. The maximum absolute atomic E-state index is 11.4. The summed E-state index contributed by atoms with van der Waals surface area (Å²) < 4.78 is 5.18. The molecular weight excluding hydrogens is 178 g/mol. The zero-order chi connectivity index (χ0) is 11.2. The van der Waals surface area contributed by atoms with E-state index in [0.29, 0.717) is 6.54 Å². The van der Waals surface area contributed by atoms with Crippen LogP contribution < -0.4 is 5.32 Å². The Hall–Kier alpha value is -1.01. The fourth-order valence-corrected chi connectivity index (χ4v) is 0.766. The smallest absolute Gasteiger partial charge is 0.323 e. The predicted molar refractivity (Wildman–Crippen MR) is 56.8 cm³/mol. The maximum Gasteiger partial charge on any atom is 0.323 e. The van der Waals surface area contributed by atoms with Gasteiger partial charge in [-0.2, -0.15) is 0 Å². The van der Waals surface area contributed by atoms with Gasteiger partial charge in [-0.15, -0.1) is 5.92 Å². The van der Waals surface area contributed by atoms with Crippen molar-refractivity contribution >= 4 is 5.97 Å². The normalized spacial score (nSPS) is 12.6. The Kier molecular flexibility index (Phi) is 5.26. The molecule has 1 unspecified atom stereocenters. The van der Waals surface area contributed by atoms with Crippen molar-refractivity contribution < 1.29 is 9.53 Å². The molecule has 3 heteroatoms. The molecule has 0 rings (SSSR count). The van der Waals surface area contributed by atoms with Gasteiger partial charge in [0.05, 0.1) is 6.54 Å². The average molecular weight is 197 g/mol. The van der Waals surface area contributed by atoms with Crippen molar-refractivity contribution in [3.05, 3.63) is 0 Å². The Bertz CT molecular complexity index is 242. The molecule has 0 aliphatic carbocycles. The Balaban J connectivity index is 3.92. The Morgan fingerprint density at radius 2 is 2.07 bits per heavy atom. The van der Waals surface area contributed by atoms with E-state index in [1.165, 1.54) is 0 Å². The third-order valence-corrected chi connectivity index (χ3v) is 1.43. The summed E-state index contributed by atoms with van der Waals surface area (Å²) in [5.74, 6) is 5.33. The standard InChI is InChI=1S/C11H19NO2/c1-6-7-8-12-9(2)10(13)14-11(3,4)5/h9,12H,8H2,1-5H3. The van der Waals surface area contributed by atoms with Crippen molar-refractivity contribution in [1.29, 1.82) is 0 Å². The van der Waals surface area contributed by atoms with Crippen molar-refractivity contribution in [3.63, 3.8) is 0 Å². The highest BCUT2D eigenvalue weighted by Gasteiger charge is 2.20. The highest BCUT2D eigenvalue weighted by Crippen LogP contribution is 2.07. The van der Waals surface area contributed by atoms with Crippen LogP contribution in [-0.2, 0) is 9.53 Å². The first kappa shape index (κ1) is 13.0. The Morgan fingerprint density at radius 3 is 2.50 bits per heavy atom. The van der Waals surface area contributed by atoms with Gasteiger partial charge in [0.15, 0.2) is 0 Å². The van der Waals surface area contributed by atoms with Crippen LogP contribution in [0.4, 0.5) is 0 Å². The Labute approximate surface area is 86.2 Å². The van der Waals surface area contributed by atoms with Gasteiger partial charge >= 0.3 is 5.97 Å². The van der Waals surface area contributed by atoms with Crippen LogP contribution in [0.3, 0.4) is 0 Å². The van der Waals surface area contributed by atoms with Gasteiger partial charge in [-0.25, -0.2) is 0 Å². The highest BCUT2D eigenvalue weighted by atomic mass is 16.6. The summed E-state index contributed by atoms with van der Waals surface area (Å²) in [6.45, 7) is 9.60. The van der Waals surface area contributed by atoms with E-state index >= 15 is 0 Å². The van der Waals surface area contributed by atoms with Gasteiger partial charge in [0.1, 0.15) is 11.6 Å². The summed E-state index contributed by atoms with van der Waals surface area (Å²) in [4.78, 5) is 11.4. The molecule has 0 aromatic rings. The van der Waals surface area contributed by atoms with Crippen molar-refractivity contribution in [1.82, 2.24) is 5.32 Å². The lowest BCUT2D eigenvalue weighted by Crippen LogP contribution is -2.39. The van der Waals surface area contributed by atoms with Gasteiger partial charge in [0.2, 0.25) is 0 Å². The lowest BCUT2D eigenvalue weighted by molar-refractivity contribution is -0.156. The number of hydrogen-bond donors (Lipinski definition) is 1. The van der Waals surface area contributed by atoms with E-state index in [9.17, 15) is 4.79 Å². The van der Waals surface area contributed by atoms with E-state index in [0.717, 1.165) is 0 Å². The van der Waals surface area contributed by atoms with Crippen LogP contribution in [0, 0.1) is 11.8 Å². The van der Waals surface area contributed by atoms with E-state index in [4.69, 9.17) is 4.74 Å². The predicted octanol–water partition coefficient (Wildman–Crippen LogP) is 1.33. The second kappa shape index (κ2) is 5.66. The molecule has 0 saturated heterocycles. The van der Waals surface area contributed by atoms with Gasteiger partial charge in [-0.05, 0) is 34.6 Å². The molecule has 0 aliphatic rings. The summed E-state index contributed by atoms with van der Waals surface area (Å²) in [5.41, 5.74) is -0.427. The molecule has 0 spiro atoms. The van der Waals surface area contributed by atoms with Crippen molar-refractivity contribution in [3.8, 4) is 11.8 Å². The first-order valence-corrected chi connectivity index (χ1v) is 4.72. The number of hydrogen-bond acceptors (Lipinski definition) is 3. The molecule has 80 valence electrons. The van der Waals surface area contributed by atoms with Gasteiger partial charge < -0.3 is 4.74 Å². The molecule has 0 radical (unpaired) electrons. The van der Waals surface area contributed by atoms with Gasteiger partial charge in [-0.3, -0.25) is 10.1 Å². The molecule has 0 saturated carbocycles. The molecule has 14 heavy (non-hydrogen) atoms. The summed E-state index contributed by atoms with van der Waals surface area (Å²) in [6, 6.07) is -0.310. The highest BCUT2D eigenvalue weighted by molar-refractivity contribution is 5.75. The fourth-order valence-electron chi connectivity index (χ4n) is 0.766. The van der Waals surface area contributed by atoms with E-state index in [-0.39, 0.29) is 12.0 Å². The first-order chi connectivity index (χ1) is 6.37. The molecule has 0 aromatic heterocycles. The second-order valence-electron chi connectivity index (χ2n) is 4.06. The van der Waals surface area contributed by atoms with Crippen molar-refractivity contribution in [2.45, 2.75) is 46.3 Å². The van der Waals surface area contributed by atoms with Crippen LogP contribution in [0.1, 0.15) is 34.6 Å². The number of nitrogens with one attached hydrogen (secondary N) is 1. The molecule has 0 heterocycles. The summed E-state index contributed by atoms with van der Waals surface area (Å²) in [6.07, 6.45) is 0. The van der Waals surface area contributed by atoms with Crippen LogP contribution in [0.25, 0.3) is 0 Å².